The highest BCUT2D eigenvalue weighted by Gasteiger charge is 2.34. The Labute approximate surface area is 129 Å². The second-order valence-electron chi connectivity index (χ2n) is 5.34. The molecule has 0 radical (unpaired) electrons. The van der Waals surface area contributed by atoms with Gasteiger partial charge in [0, 0.05) is 6.54 Å². The van der Waals surface area contributed by atoms with Gasteiger partial charge in [0.15, 0.2) is 6.10 Å². The highest BCUT2D eigenvalue weighted by Crippen LogP contribution is 2.19. The molecule has 1 saturated heterocycles. The van der Waals surface area contributed by atoms with Crippen LogP contribution >= 0.6 is 0 Å². The van der Waals surface area contributed by atoms with E-state index < -0.39 is 18.2 Å². The second kappa shape index (κ2) is 7.79. The molecule has 0 aromatic heterocycles. The Bertz CT molecular complexity index is 514. The molecule has 2 atom stereocenters. The molecule has 1 aromatic rings. The average Bonchev–Trinajstić information content (AvgIpc) is 2.99. The van der Waals surface area contributed by atoms with E-state index in [4.69, 9.17) is 14.6 Å². The standard InChI is InChI=1S/C16H21NO5/c1-11-3-5-12(6-4-11)21-10-2-9-17-15(18)13-7-8-14(22-13)16(19)20/h3-6,13-14H,2,7-10H2,1H3,(H,17,18)(H,19,20)/t13-,14+/m0/s1. The van der Waals surface area contributed by atoms with Crippen LogP contribution in [-0.4, -0.2) is 42.3 Å². The van der Waals surface area contributed by atoms with Gasteiger partial charge in [-0.2, -0.15) is 0 Å². The molecule has 0 spiro atoms. The SMILES string of the molecule is Cc1ccc(OCCCNC(=O)[C@@H]2CC[C@H](C(=O)O)O2)cc1. The normalized spacial score (nSPS) is 20.6. The summed E-state index contributed by atoms with van der Waals surface area (Å²) >= 11 is 0. The van der Waals surface area contributed by atoms with Crippen molar-refractivity contribution in [3.63, 3.8) is 0 Å². The van der Waals surface area contributed by atoms with E-state index in [0.717, 1.165) is 5.75 Å². The van der Waals surface area contributed by atoms with Crippen molar-refractivity contribution in [1.82, 2.24) is 5.32 Å². The number of aryl methyl sites for hydroxylation is 1. The van der Waals surface area contributed by atoms with Gasteiger partial charge in [-0.25, -0.2) is 4.79 Å². The zero-order valence-electron chi connectivity index (χ0n) is 12.6. The number of amides is 1. The first-order chi connectivity index (χ1) is 10.6. The molecule has 6 nitrogen and oxygen atoms in total. The number of aliphatic carboxylic acids is 1. The molecule has 1 aliphatic heterocycles. The van der Waals surface area contributed by atoms with Crippen LogP contribution in [0.5, 0.6) is 5.75 Å². The first-order valence-electron chi connectivity index (χ1n) is 7.41. The fourth-order valence-electron chi connectivity index (χ4n) is 2.23. The van der Waals surface area contributed by atoms with Gasteiger partial charge in [0.05, 0.1) is 6.61 Å². The van der Waals surface area contributed by atoms with Crippen molar-refractivity contribution in [3.8, 4) is 5.75 Å². The van der Waals surface area contributed by atoms with E-state index in [0.29, 0.717) is 32.4 Å². The predicted octanol–water partition coefficient (Wildman–Crippen LogP) is 1.51. The quantitative estimate of drug-likeness (QED) is 0.746. The van der Waals surface area contributed by atoms with Crippen LogP contribution in [0, 0.1) is 6.92 Å². The van der Waals surface area contributed by atoms with Gasteiger partial charge in [-0.3, -0.25) is 4.79 Å². The Morgan fingerprint density at radius 3 is 2.59 bits per heavy atom. The van der Waals surface area contributed by atoms with Gasteiger partial charge in [0.25, 0.3) is 0 Å². The van der Waals surface area contributed by atoms with Crippen molar-refractivity contribution >= 4 is 11.9 Å². The molecule has 1 heterocycles. The second-order valence-corrected chi connectivity index (χ2v) is 5.34. The summed E-state index contributed by atoms with van der Waals surface area (Å²) < 4.78 is 10.7. The molecule has 1 aromatic carbocycles. The summed E-state index contributed by atoms with van der Waals surface area (Å²) in [5.74, 6) is -0.457. The number of carboxylic acids is 1. The van der Waals surface area contributed by atoms with Crippen LogP contribution in [0.3, 0.4) is 0 Å². The number of nitrogens with one attached hydrogen (secondary N) is 1. The Hall–Kier alpha value is -2.08. The lowest BCUT2D eigenvalue weighted by atomic mass is 10.2. The number of rotatable bonds is 7. The minimum Gasteiger partial charge on any atom is -0.494 e. The van der Waals surface area contributed by atoms with Crippen LogP contribution in [0.25, 0.3) is 0 Å². The van der Waals surface area contributed by atoms with E-state index in [2.05, 4.69) is 5.32 Å². The predicted molar refractivity (Wildman–Crippen MR) is 79.8 cm³/mol. The van der Waals surface area contributed by atoms with Crippen molar-refractivity contribution in [3.05, 3.63) is 29.8 Å². The molecule has 1 aliphatic rings. The van der Waals surface area contributed by atoms with Crippen LogP contribution in [0.15, 0.2) is 24.3 Å². The van der Waals surface area contributed by atoms with Gasteiger partial charge in [-0.1, -0.05) is 17.7 Å². The summed E-state index contributed by atoms with van der Waals surface area (Å²) in [4.78, 5) is 22.6. The summed E-state index contributed by atoms with van der Waals surface area (Å²) in [7, 11) is 0. The minimum atomic E-state index is -1.01. The summed E-state index contributed by atoms with van der Waals surface area (Å²) in [6.07, 6.45) is -0.0128. The van der Waals surface area contributed by atoms with Crippen LogP contribution < -0.4 is 10.1 Å². The van der Waals surface area contributed by atoms with Crippen LogP contribution in [0.4, 0.5) is 0 Å². The molecular weight excluding hydrogens is 286 g/mol. The largest absolute Gasteiger partial charge is 0.494 e. The van der Waals surface area contributed by atoms with Crippen LogP contribution in [0.1, 0.15) is 24.8 Å². The molecule has 6 heteroatoms. The fourth-order valence-corrected chi connectivity index (χ4v) is 2.23. The van der Waals surface area contributed by atoms with Crippen molar-refractivity contribution < 1.29 is 24.2 Å². The third-order valence-corrected chi connectivity index (χ3v) is 3.50. The molecule has 22 heavy (non-hydrogen) atoms. The van der Waals surface area contributed by atoms with Crippen molar-refractivity contribution in [2.75, 3.05) is 13.2 Å². The number of hydrogen-bond donors (Lipinski definition) is 2. The third kappa shape index (κ3) is 4.73. The first kappa shape index (κ1) is 16.3. The molecular formula is C16H21NO5. The summed E-state index contributed by atoms with van der Waals surface area (Å²) in [5.41, 5.74) is 1.18. The topological polar surface area (TPSA) is 84.9 Å². The fraction of sp³-hybridized carbons (Fsp3) is 0.500. The Kier molecular flexibility index (Phi) is 5.77. The smallest absolute Gasteiger partial charge is 0.332 e. The van der Waals surface area contributed by atoms with E-state index in [1.165, 1.54) is 5.56 Å². The minimum absolute atomic E-state index is 0.251. The molecule has 2 N–H and O–H groups in total. The van der Waals surface area contributed by atoms with Crippen LogP contribution in [-0.2, 0) is 14.3 Å². The van der Waals surface area contributed by atoms with Gasteiger partial charge in [0.1, 0.15) is 11.9 Å². The van der Waals surface area contributed by atoms with E-state index in [1.54, 1.807) is 0 Å². The molecule has 0 bridgehead atoms. The molecule has 2 rings (SSSR count). The third-order valence-electron chi connectivity index (χ3n) is 3.50. The molecule has 120 valence electrons. The number of benzene rings is 1. The lowest BCUT2D eigenvalue weighted by molar-refractivity contribution is -0.151. The number of hydrogen-bond acceptors (Lipinski definition) is 4. The number of carboxylic acid groups (broad SMARTS) is 1. The lowest BCUT2D eigenvalue weighted by Gasteiger charge is -2.12. The molecule has 0 aliphatic carbocycles. The molecule has 0 unspecified atom stereocenters. The average molecular weight is 307 g/mol. The van der Waals surface area contributed by atoms with E-state index >= 15 is 0 Å². The van der Waals surface area contributed by atoms with Crippen molar-refractivity contribution in [1.29, 1.82) is 0 Å². The lowest BCUT2D eigenvalue weighted by Crippen LogP contribution is -2.36. The van der Waals surface area contributed by atoms with Gasteiger partial charge in [0.2, 0.25) is 5.91 Å². The zero-order chi connectivity index (χ0) is 15.9. The number of carbonyl (C=O) groups excluding carboxylic acids is 1. The summed E-state index contributed by atoms with van der Waals surface area (Å²) in [5, 5.41) is 11.6. The maximum atomic E-state index is 11.8. The Morgan fingerprint density at radius 1 is 1.27 bits per heavy atom. The van der Waals surface area contributed by atoms with Gasteiger partial charge in [-0.15, -0.1) is 0 Å². The Morgan fingerprint density at radius 2 is 1.95 bits per heavy atom. The van der Waals surface area contributed by atoms with E-state index in [-0.39, 0.29) is 5.91 Å². The van der Waals surface area contributed by atoms with Crippen molar-refractivity contribution in [2.24, 2.45) is 0 Å². The maximum absolute atomic E-state index is 11.8. The first-order valence-corrected chi connectivity index (χ1v) is 7.41. The molecule has 1 fully saturated rings. The molecule has 0 saturated carbocycles. The number of ether oxygens (including phenoxy) is 2. The van der Waals surface area contributed by atoms with Gasteiger partial charge < -0.3 is 19.9 Å². The highest BCUT2D eigenvalue weighted by molar-refractivity contribution is 5.82. The molecule has 1 amide bonds. The zero-order valence-corrected chi connectivity index (χ0v) is 12.6. The monoisotopic (exact) mass is 307 g/mol. The summed E-state index contributed by atoms with van der Waals surface area (Å²) in [6.45, 7) is 2.99. The Balaban J connectivity index is 1.59. The van der Waals surface area contributed by atoms with Gasteiger partial charge in [-0.05, 0) is 38.3 Å². The van der Waals surface area contributed by atoms with Gasteiger partial charge >= 0.3 is 5.97 Å². The van der Waals surface area contributed by atoms with Crippen LogP contribution in [0.2, 0.25) is 0 Å². The highest BCUT2D eigenvalue weighted by atomic mass is 16.5. The van der Waals surface area contributed by atoms with E-state index in [1.807, 2.05) is 31.2 Å². The van der Waals surface area contributed by atoms with E-state index in [9.17, 15) is 9.59 Å². The van der Waals surface area contributed by atoms with Crippen molar-refractivity contribution in [2.45, 2.75) is 38.4 Å². The number of carbonyl (C=O) groups is 2. The summed E-state index contributed by atoms with van der Waals surface area (Å²) in [6, 6.07) is 7.78. The maximum Gasteiger partial charge on any atom is 0.332 e.